The van der Waals surface area contributed by atoms with Crippen molar-refractivity contribution in [1.29, 1.82) is 0 Å². The zero-order valence-electron chi connectivity index (χ0n) is 9.17. The van der Waals surface area contributed by atoms with E-state index in [0.29, 0.717) is 18.1 Å². The molecule has 0 N–H and O–H groups in total. The third-order valence-electron chi connectivity index (χ3n) is 2.81. The van der Waals surface area contributed by atoms with E-state index in [9.17, 15) is 8.42 Å². The SMILES string of the molecule is O=S1(=O)CCC(c2nc(-c3cc(Br)cs3)no2)C1. The highest BCUT2D eigenvalue weighted by atomic mass is 79.9. The first-order valence-corrected chi connectivity index (χ1v) is 8.81. The summed E-state index contributed by atoms with van der Waals surface area (Å²) in [7, 11) is -2.93. The molecule has 5 nitrogen and oxygen atoms in total. The van der Waals surface area contributed by atoms with Crippen molar-refractivity contribution < 1.29 is 12.9 Å². The molecule has 1 fully saturated rings. The molecule has 1 unspecified atom stereocenters. The molecule has 0 aromatic carbocycles. The Bertz CT molecular complexity index is 677. The molecule has 1 aliphatic heterocycles. The fourth-order valence-electron chi connectivity index (χ4n) is 1.92. The lowest BCUT2D eigenvalue weighted by molar-refractivity contribution is 0.361. The van der Waals surface area contributed by atoms with Gasteiger partial charge in [0.2, 0.25) is 11.7 Å². The highest BCUT2D eigenvalue weighted by molar-refractivity contribution is 9.10. The van der Waals surface area contributed by atoms with Gasteiger partial charge in [-0.15, -0.1) is 11.3 Å². The van der Waals surface area contributed by atoms with Gasteiger partial charge in [0.05, 0.1) is 22.3 Å². The largest absolute Gasteiger partial charge is 0.339 e. The quantitative estimate of drug-likeness (QED) is 0.833. The lowest BCUT2D eigenvalue weighted by Gasteiger charge is -1.97. The maximum atomic E-state index is 11.4. The first-order valence-electron chi connectivity index (χ1n) is 5.32. The van der Waals surface area contributed by atoms with Crippen LogP contribution in [0.2, 0.25) is 0 Å². The number of thiophene rings is 1. The molecule has 0 spiro atoms. The molecule has 0 amide bonds. The Balaban J connectivity index is 1.86. The van der Waals surface area contributed by atoms with E-state index in [4.69, 9.17) is 4.52 Å². The van der Waals surface area contributed by atoms with Crippen molar-refractivity contribution in [2.45, 2.75) is 12.3 Å². The summed E-state index contributed by atoms with van der Waals surface area (Å²) in [6.07, 6.45) is 0.568. The summed E-state index contributed by atoms with van der Waals surface area (Å²) < 4.78 is 28.9. The first kappa shape index (κ1) is 12.3. The van der Waals surface area contributed by atoms with Crippen LogP contribution in [-0.4, -0.2) is 30.1 Å². The van der Waals surface area contributed by atoms with E-state index >= 15 is 0 Å². The molecule has 2 aromatic rings. The number of hydrogen-bond donors (Lipinski definition) is 0. The number of hydrogen-bond acceptors (Lipinski definition) is 6. The van der Waals surface area contributed by atoms with Crippen molar-refractivity contribution in [2.75, 3.05) is 11.5 Å². The Morgan fingerprint density at radius 2 is 2.33 bits per heavy atom. The van der Waals surface area contributed by atoms with E-state index < -0.39 is 9.84 Å². The van der Waals surface area contributed by atoms with Gasteiger partial charge >= 0.3 is 0 Å². The maximum Gasteiger partial charge on any atom is 0.231 e. The molecule has 0 saturated carbocycles. The number of nitrogens with zero attached hydrogens (tertiary/aromatic N) is 2. The predicted molar refractivity (Wildman–Crippen MR) is 71.3 cm³/mol. The van der Waals surface area contributed by atoms with Gasteiger partial charge in [0.15, 0.2) is 9.84 Å². The monoisotopic (exact) mass is 348 g/mol. The molecule has 0 aliphatic carbocycles. The van der Waals surface area contributed by atoms with Crippen LogP contribution in [0.3, 0.4) is 0 Å². The lowest BCUT2D eigenvalue weighted by atomic mass is 10.1. The van der Waals surface area contributed by atoms with Gasteiger partial charge in [-0.25, -0.2) is 8.42 Å². The van der Waals surface area contributed by atoms with Gasteiger partial charge in [-0.05, 0) is 28.4 Å². The maximum absolute atomic E-state index is 11.4. The molecule has 2 aromatic heterocycles. The summed E-state index contributed by atoms with van der Waals surface area (Å²) >= 11 is 4.87. The molecule has 18 heavy (non-hydrogen) atoms. The molecule has 1 saturated heterocycles. The Morgan fingerprint density at radius 3 is 2.94 bits per heavy atom. The van der Waals surface area contributed by atoms with Crippen molar-refractivity contribution in [3.05, 3.63) is 21.8 Å². The minimum absolute atomic E-state index is 0.114. The molecule has 3 rings (SSSR count). The fraction of sp³-hybridized carbons (Fsp3) is 0.400. The molecule has 0 radical (unpaired) electrons. The number of sulfone groups is 1. The number of rotatable bonds is 2. The smallest absolute Gasteiger partial charge is 0.231 e. The van der Waals surface area contributed by atoms with Crippen LogP contribution in [-0.2, 0) is 9.84 Å². The van der Waals surface area contributed by atoms with Gasteiger partial charge in [0, 0.05) is 9.85 Å². The van der Waals surface area contributed by atoms with E-state index in [1.807, 2.05) is 11.4 Å². The normalized spacial score (nSPS) is 22.4. The number of aromatic nitrogens is 2. The van der Waals surface area contributed by atoms with Crippen LogP contribution < -0.4 is 0 Å². The van der Waals surface area contributed by atoms with Gasteiger partial charge in [-0.1, -0.05) is 5.16 Å². The Kier molecular flexibility index (Phi) is 3.03. The average molecular weight is 349 g/mol. The fourth-order valence-corrected chi connectivity index (χ4v) is 5.01. The van der Waals surface area contributed by atoms with Crippen molar-refractivity contribution >= 4 is 37.1 Å². The van der Waals surface area contributed by atoms with Crippen LogP contribution >= 0.6 is 27.3 Å². The molecule has 0 bridgehead atoms. The third-order valence-corrected chi connectivity index (χ3v) is 6.27. The first-order chi connectivity index (χ1) is 8.53. The van der Waals surface area contributed by atoms with Crippen molar-refractivity contribution in [2.24, 2.45) is 0 Å². The van der Waals surface area contributed by atoms with E-state index in [-0.39, 0.29) is 17.4 Å². The third kappa shape index (κ3) is 2.36. The van der Waals surface area contributed by atoms with Crippen molar-refractivity contribution in [1.82, 2.24) is 10.1 Å². The van der Waals surface area contributed by atoms with Gasteiger partial charge in [0.1, 0.15) is 0 Å². The van der Waals surface area contributed by atoms with Crippen LogP contribution in [0.1, 0.15) is 18.2 Å². The zero-order chi connectivity index (χ0) is 12.8. The summed E-state index contributed by atoms with van der Waals surface area (Å²) in [4.78, 5) is 5.19. The van der Waals surface area contributed by atoms with E-state index in [0.717, 1.165) is 9.35 Å². The minimum Gasteiger partial charge on any atom is -0.339 e. The highest BCUT2D eigenvalue weighted by Gasteiger charge is 2.33. The van der Waals surface area contributed by atoms with E-state index in [1.165, 1.54) is 11.3 Å². The standard InChI is InChI=1S/C10H9BrN2O3S2/c11-7-3-8(17-4-7)9-12-10(16-13-9)6-1-2-18(14,15)5-6/h3-4,6H,1-2,5H2. The summed E-state index contributed by atoms with van der Waals surface area (Å²) in [5, 5.41) is 5.84. The second kappa shape index (κ2) is 4.43. The van der Waals surface area contributed by atoms with E-state index in [1.54, 1.807) is 0 Å². The van der Waals surface area contributed by atoms with Crippen LogP contribution in [0.15, 0.2) is 20.4 Å². The van der Waals surface area contributed by atoms with Crippen LogP contribution in [0.25, 0.3) is 10.7 Å². The molecule has 1 aliphatic rings. The van der Waals surface area contributed by atoms with Gasteiger partial charge in [0.25, 0.3) is 0 Å². The summed E-state index contributed by atoms with van der Waals surface area (Å²) in [5.41, 5.74) is 0. The van der Waals surface area contributed by atoms with Crippen molar-refractivity contribution in [3.8, 4) is 10.7 Å². The molecule has 96 valence electrons. The Morgan fingerprint density at radius 1 is 1.50 bits per heavy atom. The molecule has 1 atom stereocenters. The molecule has 8 heteroatoms. The summed E-state index contributed by atoms with van der Waals surface area (Å²) in [6.45, 7) is 0. The van der Waals surface area contributed by atoms with Gasteiger partial charge in [-0.2, -0.15) is 4.98 Å². The van der Waals surface area contributed by atoms with Gasteiger partial charge < -0.3 is 4.52 Å². The Hall–Kier alpha value is -0.730. The van der Waals surface area contributed by atoms with Crippen LogP contribution in [0, 0.1) is 0 Å². The summed E-state index contributed by atoms with van der Waals surface area (Å²) in [6, 6.07) is 1.91. The van der Waals surface area contributed by atoms with Gasteiger partial charge in [-0.3, -0.25) is 0 Å². The predicted octanol–water partition coefficient (Wildman–Crippen LogP) is 2.46. The topological polar surface area (TPSA) is 73.1 Å². The molecular weight excluding hydrogens is 340 g/mol. The molecular formula is C10H9BrN2O3S2. The Labute approximate surface area is 116 Å². The minimum atomic E-state index is -2.93. The lowest BCUT2D eigenvalue weighted by Crippen LogP contribution is -2.03. The molecule has 3 heterocycles. The average Bonchev–Trinajstić information content (AvgIpc) is 2.96. The highest BCUT2D eigenvalue weighted by Crippen LogP contribution is 2.31. The number of halogens is 1. The zero-order valence-corrected chi connectivity index (χ0v) is 12.4. The van der Waals surface area contributed by atoms with Crippen molar-refractivity contribution in [3.63, 3.8) is 0 Å². The second-order valence-electron chi connectivity index (χ2n) is 4.19. The van der Waals surface area contributed by atoms with Crippen LogP contribution in [0.4, 0.5) is 0 Å². The van der Waals surface area contributed by atoms with Crippen LogP contribution in [0.5, 0.6) is 0 Å². The van der Waals surface area contributed by atoms with E-state index in [2.05, 4.69) is 26.1 Å². The summed E-state index contributed by atoms with van der Waals surface area (Å²) in [5.74, 6) is 1.11. The second-order valence-corrected chi connectivity index (χ2v) is 8.24.